The predicted molar refractivity (Wildman–Crippen MR) is 154 cm³/mol. The number of rotatable bonds is 10. The summed E-state index contributed by atoms with van der Waals surface area (Å²) >= 11 is 1.38. The molecule has 0 aliphatic rings. The van der Waals surface area contributed by atoms with Crippen molar-refractivity contribution in [3.8, 4) is 10.4 Å². The largest absolute Gasteiger partial charge is 0.480 e. The maximum absolute atomic E-state index is 13.8. The third kappa shape index (κ3) is 6.02. The van der Waals surface area contributed by atoms with Gasteiger partial charge in [-0.1, -0.05) is 43.3 Å². The molecule has 0 radical (unpaired) electrons. The number of carboxylic acid groups (broad SMARTS) is 1. The topological polar surface area (TPSA) is 120 Å². The first kappa shape index (κ1) is 27.0. The molecule has 2 aromatic heterocycles. The van der Waals surface area contributed by atoms with E-state index in [0.717, 1.165) is 32.7 Å². The Morgan fingerprint density at radius 1 is 1.10 bits per heavy atom. The molecular weight excluding hydrogens is 529 g/mol. The molecule has 204 valence electrons. The van der Waals surface area contributed by atoms with Gasteiger partial charge in [-0.3, -0.25) is 4.79 Å². The zero-order valence-corrected chi connectivity index (χ0v) is 22.8. The van der Waals surface area contributed by atoms with Gasteiger partial charge in [0.25, 0.3) is 5.91 Å². The maximum atomic E-state index is 13.8. The molecule has 0 aliphatic carbocycles. The summed E-state index contributed by atoms with van der Waals surface area (Å²) in [7, 11) is 0. The van der Waals surface area contributed by atoms with Crippen LogP contribution in [0.5, 0.6) is 0 Å². The summed E-state index contributed by atoms with van der Waals surface area (Å²) in [5.41, 5.74) is 5.79. The summed E-state index contributed by atoms with van der Waals surface area (Å²) < 4.78 is 18.3. The average molecular weight is 558 g/mol. The normalized spacial score (nSPS) is 11.9. The number of para-hydroxylation sites is 2. The van der Waals surface area contributed by atoms with E-state index >= 15 is 0 Å². The van der Waals surface area contributed by atoms with Crippen LogP contribution in [0.3, 0.4) is 0 Å². The molecule has 4 N–H and O–H groups in total. The van der Waals surface area contributed by atoms with Crippen LogP contribution in [0.1, 0.15) is 39.7 Å². The molecule has 8 nitrogen and oxygen atoms in total. The van der Waals surface area contributed by atoms with E-state index in [-0.39, 0.29) is 6.42 Å². The molecule has 10 heteroatoms. The molecule has 0 fully saturated rings. The van der Waals surface area contributed by atoms with Crippen LogP contribution in [0.2, 0.25) is 0 Å². The molecule has 0 spiro atoms. The van der Waals surface area contributed by atoms with E-state index in [9.17, 15) is 19.1 Å². The summed E-state index contributed by atoms with van der Waals surface area (Å²) in [5, 5.41) is 15.7. The number of benzene rings is 3. The van der Waals surface area contributed by atoms with Gasteiger partial charge in [0.15, 0.2) is 0 Å². The van der Waals surface area contributed by atoms with E-state index in [4.69, 9.17) is 0 Å². The third-order valence-corrected chi connectivity index (χ3v) is 7.53. The highest BCUT2D eigenvalue weighted by Gasteiger charge is 2.24. The van der Waals surface area contributed by atoms with E-state index < -0.39 is 23.7 Å². The number of aryl methyl sites for hydroxylation is 2. The number of carbonyl (C=O) groups excluding carboxylic acids is 1. The van der Waals surface area contributed by atoms with Crippen molar-refractivity contribution in [2.75, 3.05) is 5.32 Å². The van der Waals surface area contributed by atoms with Crippen molar-refractivity contribution in [2.24, 2.45) is 0 Å². The minimum absolute atomic E-state index is 0.110. The lowest BCUT2D eigenvalue weighted by Gasteiger charge is -2.17. The Bertz CT molecular complexity index is 1650. The fourth-order valence-electron chi connectivity index (χ4n) is 4.63. The maximum Gasteiger partial charge on any atom is 0.326 e. The fraction of sp³-hybridized carbons (Fsp3) is 0.200. The lowest BCUT2D eigenvalue weighted by atomic mass is 9.98. The monoisotopic (exact) mass is 557 g/mol. The van der Waals surface area contributed by atoms with Crippen LogP contribution < -0.4 is 10.6 Å². The van der Waals surface area contributed by atoms with Crippen molar-refractivity contribution in [3.05, 3.63) is 100 Å². The van der Waals surface area contributed by atoms with Crippen molar-refractivity contribution >= 4 is 40.4 Å². The number of hydrogen-bond acceptors (Lipinski definition) is 6. The Kier molecular flexibility index (Phi) is 7.88. The average Bonchev–Trinajstić information content (AvgIpc) is 3.58. The Balaban J connectivity index is 1.22. The number of carbonyl (C=O) groups is 2. The zero-order chi connectivity index (χ0) is 28.2. The number of fused-ring (bicyclic) bond motifs is 1. The van der Waals surface area contributed by atoms with Gasteiger partial charge in [0.2, 0.25) is 5.95 Å². The number of anilines is 1. The Hall–Kier alpha value is -4.57. The Morgan fingerprint density at radius 2 is 1.88 bits per heavy atom. The van der Waals surface area contributed by atoms with Gasteiger partial charge in [0.1, 0.15) is 11.9 Å². The van der Waals surface area contributed by atoms with E-state index in [0.29, 0.717) is 35.6 Å². The summed E-state index contributed by atoms with van der Waals surface area (Å²) in [5.74, 6) is -1.40. The molecule has 2 heterocycles. The van der Waals surface area contributed by atoms with E-state index in [1.54, 1.807) is 6.92 Å². The van der Waals surface area contributed by atoms with Gasteiger partial charge >= 0.3 is 5.97 Å². The van der Waals surface area contributed by atoms with Crippen molar-refractivity contribution < 1.29 is 19.1 Å². The summed E-state index contributed by atoms with van der Waals surface area (Å²) in [6.45, 7) is 3.98. The van der Waals surface area contributed by atoms with Gasteiger partial charge < -0.3 is 20.7 Å². The highest BCUT2D eigenvalue weighted by atomic mass is 32.1. The second-order valence-corrected chi connectivity index (χ2v) is 10.3. The van der Waals surface area contributed by atoms with Crippen LogP contribution in [-0.2, 0) is 24.2 Å². The summed E-state index contributed by atoms with van der Waals surface area (Å²) in [4.78, 5) is 33.7. The van der Waals surface area contributed by atoms with Gasteiger partial charge in [-0.2, -0.15) is 4.37 Å². The number of hydrogen-bond donors (Lipinski definition) is 4. The van der Waals surface area contributed by atoms with E-state index in [1.807, 2.05) is 61.5 Å². The van der Waals surface area contributed by atoms with E-state index in [1.165, 1.54) is 23.7 Å². The van der Waals surface area contributed by atoms with Crippen molar-refractivity contribution in [3.63, 3.8) is 0 Å². The Morgan fingerprint density at radius 3 is 2.60 bits per heavy atom. The van der Waals surface area contributed by atoms with Crippen molar-refractivity contribution in [2.45, 2.75) is 39.3 Å². The third-order valence-electron chi connectivity index (χ3n) is 6.66. The summed E-state index contributed by atoms with van der Waals surface area (Å²) in [6, 6.07) is 18.8. The first-order valence-electron chi connectivity index (χ1n) is 12.9. The SMILES string of the molecule is CCc1cc(F)cc(C)c1C(=O)NC(Cc1ccc(-c2cc(CNc3nc4ccccc4[nH]3)ns2)cc1)C(=O)O. The molecule has 1 amide bonds. The van der Waals surface area contributed by atoms with Crippen LogP contribution in [0.15, 0.2) is 66.7 Å². The number of imidazole rings is 1. The second-order valence-electron chi connectivity index (χ2n) is 9.51. The molecule has 1 unspecified atom stereocenters. The quantitative estimate of drug-likeness (QED) is 0.174. The van der Waals surface area contributed by atoms with Gasteiger partial charge in [-0.05, 0) is 77.5 Å². The first-order valence-corrected chi connectivity index (χ1v) is 13.6. The summed E-state index contributed by atoms with van der Waals surface area (Å²) in [6.07, 6.45) is 0.564. The predicted octanol–water partition coefficient (Wildman–Crippen LogP) is 5.73. The molecule has 0 aliphatic heterocycles. The fourth-order valence-corrected chi connectivity index (χ4v) is 5.39. The molecule has 0 saturated heterocycles. The number of nitrogens with one attached hydrogen (secondary N) is 3. The molecule has 0 saturated carbocycles. The number of nitrogens with zero attached hydrogens (tertiary/aromatic N) is 2. The first-order chi connectivity index (χ1) is 19.3. The van der Waals surface area contributed by atoms with Gasteiger partial charge in [-0.15, -0.1) is 0 Å². The minimum atomic E-state index is -1.14. The number of aromatic amines is 1. The molecule has 3 aromatic carbocycles. The van der Waals surface area contributed by atoms with Crippen LogP contribution in [0, 0.1) is 12.7 Å². The van der Waals surface area contributed by atoms with Crippen LogP contribution in [0.4, 0.5) is 10.3 Å². The molecule has 1 atom stereocenters. The zero-order valence-electron chi connectivity index (χ0n) is 22.0. The highest BCUT2D eigenvalue weighted by Crippen LogP contribution is 2.26. The number of aromatic nitrogens is 3. The molecule has 5 rings (SSSR count). The van der Waals surface area contributed by atoms with Gasteiger partial charge in [-0.25, -0.2) is 14.2 Å². The number of halogens is 1. The van der Waals surface area contributed by atoms with Crippen LogP contribution >= 0.6 is 11.5 Å². The number of carboxylic acids is 1. The van der Waals surface area contributed by atoms with Crippen LogP contribution in [0.25, 0.3) is 21.5 Å². The highest BCUT2D eigenvalue weighted by molar-refractivity contribution is 7.09. The number of amides is 1. The lowest BCUT2D eigenvalue weighted by molar-refractivity contribution is -0.139. The van der Waals surface area contributed by atoms with Crippen molar-refractivity contribution in [1.82, 2.24) is 19.7 Å². The second kappa shape index (κ2) is 11.7. The molecule has 5 aromatic rings. The minimum Gasteiger partial charge on any atom is -0.480 e. The Labute approximate surface area is 234 Å². The number of H-pyrrole nitrogens is 1. The molecule has 40 heavy (non-hydrogen) atoms. The van der Waals surface area contributed by atoms with Gasteiger partial charge in [0, 0.05) is 12.0 Å². The molecule has 0 bridgehead atoms. The van der Waals surface area contributed by atoms with Crippen LogP contribution in [-0.4, -0.2) is 37.4 Å². The lowest BCUT2D eigenvalue weighted by Crippen LogP contribution is -2.42. The standard InChI is InChI=1S/C30H28FN5O3S/c1-3-19-14-21(31)12-17(2)27(19)28(37)33-25(29(38)39)13-18-8-10-20(11-9-18)26-15-22(36-40-26)16-32-30-34-23-6-4-5-7-24(23)35-30/h4-12,14-15,25H,3,13,16H2,1-2H3,(H,33,37)(H,38,39)(H2,32,34,35). The van der Waals surface area contributed by atoms with E-state index in [2.05, 4.69) is 25.0 Å². The smallest absolute Gasteiger partial charge is 0.326 e. The molecular formula is C30H28FN5O3S. The number of aliphatic carboxylic acids is 1. The van der Waals surface area contributed by atoms with Crippen molar-refractivity contribution in [1.29, 1.82) is 0 Å². The van der Waals surface area contributed by atoms with Gasteiger partial charge in [0.05, 0.1) is 28.1 Å².